The first kappa shape index (κ1) is 21.5. The van der Waals surface area contributed by atoms with Crippen molar-refractivity contribution in [2.24, 2.45) is 0 Å². The molecule has 0 aliphatic rings. The summed E-state index contributed by atoms with van der Waals surface area (Å²) in [5.41, 5.74) is 1.73. The molecule has 0 saturated carbocycles. The Balaban J connectivity index is 1.49. The number of hydrogen-bond acceptors (Lipinski definition) is 3. The van der Waals surface area contributed by atoms with E-state index in [1.54, 1.807) is 19.2 Å². The quantitative estimate of drug-likeness (QED) is 0.522. The van der Waals surface area contributed by atoms with Gasteiger partial charge >= 0.3 is 0 Å². The van der Waals surface area contributed by atoms with E-state index in [1.165, 1.54) is 16.7 Å². The van der Waals surface area contributed by atoms with Crippen LogP contribution < -0.4 is 5.32 Å². The van der Waals surface area contributed by atoms with Gasteiger partial charge in [-0.25, -0.2) is 0 Å². The van der Waals surface area contributed by atoms with Crippen LogP contribution in [0.4, 0.5) is 5.69 Å². The number of halogens is 2. The van der Waals surface area contributed by atoms with Gasteiger partial charge in [-0.15, -0.1) is 11.8 Å². The first-order chi connectivity index (χ1) is 13.9. The second kappa shape index (κ2) is 10.0. The average molecular weight is 447 g/mol. The number of fused-ring (bicyclic) bond motifs is 1. The molecule has 150 valence electrons. The molecule has 3 aromatic carbocycles. The van der Waals surface area contributed by atoms with E-state index >= 15 is 0 Å². The lowest BCUT2D eigenvalue weighted by Crippen LogP contribution is -2.36. The van der Waals surface area contributed by atoms with Gasteiger partial charge in [0.05, 0.1) is 22.3 Å². The van der Waals surface area contributed by atoms with E-state index in [0.29, 0.717) is 15.8 Å². The number of anilines is 1. The lowest BCUT2D eigenvalue weighted by atomic mass is 10.1. The summed E-state index contributed by atoms with van der Waals surface area (Å²) in [6, 6.07) is 19.0. The van der Waals surface area contributed by atoms with E-state index in [9.17, 15) is 9.59 Å². The molecule has 0 aliphatic heterocycles. The molecule has 1 N–H and O–H groups in total. The third-order valence-electron chi connectivity index (χ3n) is 4.35. The number of carbonyl (C=O) groups excluding carboxylic acids is 2. The van der Waals surface area contributed by atoms with E-state index in [2.05, 4.69) is 5.32 Å². The van der Waals surface area contributed by atoms with Crippen LogP contribution in [0, 0.1) is 0 Å². The molecule has 0 radical (unpaired) electrons. The van der Waals surface area contributed by atoms with Gasteiger partial charge in [0, 0.05) is 23.9 Å². The first-order valence-electron chi connectivity index (χ1n) is 8.97. The summed E-state index contributed by atoms with van der Waals surface area (Å²) in [6.45, 7) is -0.00458. The molecule has 3 aromatic rings. The Morgan fingerprint density at radius 3 is 2.55 bits per heavy atom. The van der Waals surface area contributed by atoms with Crippen LogP contribution in [-0.4, -0.2) is 36.1 Å². The van der Waals surface area contributed by atoms with Crippen LogP contribution in [0.5, 0.6) is 0 Å². The predicted octanol–water partition coefficient (Wildman–Crippen LogP) is 5.48. The van der Waals surface area contributed by atoms with Gasteiger partial charge < -0.3 is 10.2 Å². The molecule has 0 fully saturated rings. The molecule has 3 rings (SSSR count). The zero-order valence-electron chi connectivity index (χ0n) is 15.8. The average Bonchev–Trinajstić information content (AvgIpc) is 2.70. The van der Waals surface area contributed by atoms with Gasteiger partial charge in [-0.2, -0.15) is 0 Å². The standard InChI is InChI=1S/C22H20Cl2N2O2S/c1-26(22(28)14-29-13-15-9-10-18(23)19(24)11-15)12-21(27)25-20-8-4-6-16-5-2-3-7-17(16)20/h2-11H,12-14H2,1H3,(H,25,27). The second-order valence-electron chi connectivity index (χ2n) is 6.57. The van der Waals surface area contributed by atoms with Gasteiger partial charge in [-0.1, -0.05) is 65.7 Å². The highest BCUT2D eigenvalue weighted by molar-refractivity contribution is 7.99. The highest BCUT2D eigenvalue weighted by atomic mass is 35.5. The summed E-state index contributed by atoms with van der Waals surface area (Å²) in [4.78, 5) is 26.2. The molecule has 2 amide bonds. The molecule has 0 bridgehead atoms. The Labute approximate surface area is 184 Å². The number of benzene rings is 3. The molecule has 0 spiro atoms. The molecule has 0 saturated heterocycles. The van der Waals surface area contributed by atoms with E-state index in [1.807, 2.05) is 48.5 Å². The van der Waals surface area contributed by atoms with Crippen LogP contribution >= 0.6 is 35.0 Å². The van der Waals surface area contributed by atoms with Crippen molar-refractivity contribution in [2.45, 2.75) is 5.75 Å². The molecule has 0 heterocycles. The monoisotopic (exact) mass is 446 g/mol. The van der Waals surface area contributed by atoms with Gasteiger partial charge in [0.1, 0.15) is 0 Å². The summed E-state index contributed by atoms with van der Waals surface area (Å²) >= 11 is 13.4. The Hall–Kier alpha value is -2.21. The minimum atomic E-state index is -0.230. The normalized spacial score (nSPS) is 10.7. The van der Waals surface area contributed by atoms with Crippen molar-refractivity contribution in [2.75, 3.05) is 24.7 Å². The van der Waals surface area contributed by atoms with E-state index < -0.39 is 0 Å². The van der Waals surface area contributed by atoms with Gasteiger partial charge in [0.2, 0.25) is 11.8 Å². The Kier molecular flexibility index (Phi) is 7.42. The zero-order chi connectivity index (χ0) is 20.8. The van der Waals surface area contributed by atoms with Crippen LogP contribution in [0.15, 0.2) is 60.7 Å². The number of hydrogen-bond donors (Lipinski definition) is 1. The summed E-state index contributed by atoms with van der Waals surface area (Å²) in [5.74, 6) is 0.576. The molecular formula is C22H20Cl2N2O2S. The molecule has 29 heavy (non-hydrogen) atoms. The lowest BCUT2D eigenvalue weighted by molar-refractivity contribution is -0.131. The van der Waals surface area contributed by atoms with Crippen molar-refractivity contribution >= 4 is 63.2 Å². The third-order valence-corrected chi connectivity index (χ3v) is 6.08. The largest absolute Gasteiger partial charge is 0.336 e. The highest BCUT2D eigenvalue weighted by Crippen LogP contribution is 2.25. The number of nitrogens with zero attached hydrogens (tertiary/aromatic N) is 1. The second-order valence-corrected chi connectivity index (χ2v) is 8.37. The molecule has 4 nitrogen and oxygen atoms in total. The number of carbonyl (C=O) groups is 2. The minimum Gasteiger partial charge on any atom is -0.336 e. The summed E-state index contributed by atoms with van der Waals surface area (Å²) in [5, 5.41) is 5.92. The Morgan fingerprint density at radius 1 is 1.00 bits per heavy atom. The summed E-state index contributed by atoms with van der Waals surface area (Å²) in [7, 11) is 1.63. The zero-order valence-corrected chi connectivity index (χ0v) is 18.2. The number of likely N-dealkylation sites (N-methyl/N-ethyl adjacent to an activating group) is 1. The molecule has 0 unspecified atom stereocenters. The Morgan fingerprint density at radius 2 is 1.76 bits per heavy atom. The lowest BCUT2D eigenvalue weighted by Gasteiger charge is -2.17. The van der Waals surface area contributed by atoms with E-state index in [0.717, 1.165) is 22.0 Å². The van der Waals surface area contributed by atoms with Crippen LogP contribution in [0.3, 0.4) is 0 Å². The number of amides is 2. The van der Waals surface area contributed by atoms with Crippen molar-refractivity contribution in [3.8, 4) is 0 Å². The van der Waals surface area contributed by atoms with Gasteiger partial charge in [0.25, 0.3) is 0 Å². The predicted molar refractivity (Wildman–Crippen MR) is 123 cm³/mol. The topological polar surface area (TPSA) is 49.4 Å². The molecule has 0 aliphatic carbocycles. The van der Waals surface area contributed by atoms with Gasteiger partial charge in [-0.3, -0.25) is 9.59 Å². The fourth-order valence-electron chi connectivity index (χ4n) is 2.82. The SMILES string of the molecule is CN(CC(=O)Nc1cccc2ccccc12)C(=O)CSCc1ccc(Cl)c(Cl)c1. The van der Waals surface area contributed by atoms with Crippen LogP contribution in [0.2, 0.25) is 10.0 Å². The smallest absolute Gasteiger partial charge is 0.244 e. The van der Waals surface area contributed by atoms with Crippen LogP contribution in [0.1, 0.15) is 5.56 Å². The maximum Gasteiger partial charge on any atom is 0.244 e. The fourth-order valence-corrected chi connectivity index (χ4v) is 4.06. The number of thioether (sulfide) groups is 1. The van der Waals surface area contributed by atoms with Crippen molar-refractivity contribution < 1.29 is 9.59 Å². The minimum absolute atomic E-state index is 0.00458. The van der Waals surface area contributed by atoms with Crippen molar-refractivity contribution in [1.82, 2.24) is 4.90 Å². The number of rotatable bonds is 7. The van der Waals surface area contributed by atoms with Gasteiger partial charge in [0.15, 0.2) is 0 Å². The third kappa shape index (κ3) is 5.89. The molecular weight excluding hydrogens is 427 g/mol. The van der Waals surface area contributed by atoms with Crippen molar-refractivity contribution in [3.63, 3.8) is 0 Å². The van der Waals surface area contributed by atoms with Gasteiger partial charge in [-0.05, 0) is 29.1 Å². The van der Waals surface area contributed by atoms with Crippen molar-refractivity contribution in [1.29, 1.82) is 0 Å². The van der Waals surface area contributed by atoms with Crippen LogP contribution in [-0.2, 0) is 15.3 Å². The number of nitrogens with one attached hydrogen (secondary N) is 1. The maximum atomic E-state index is 12.4. The summed E-state index contributed by atoms with van der Waals surface area (Å²) < 4.78 is 0. The molecule has 0 atom stereocenters. The van der Waals surface area contributed by atoms with Crippen LogP contribution in [0.25, 0.3) is 10.8 Å². The Bertz CT molecular complexity index is 1040. The van der Waals surface area contributed by atoms with Crippen molar-refractivity contribution in [3.05, 3.63) is 76.3 Å². The molecule has 0 aromatic heterocycles. The highest BCUT2D eigenvalue weighted by Gasteiger charge is 2.14. The first-order valence-corrected chi connectivity index (χ1v) is 10.9. The van der Waals surface area contributed by atoms with E-state index in [-0.39, 0.29) is 24.1 Å². The fraction of sp³-hybridized carbons (Fsp3) is 0.182. The summed E-state index contributed by atoms with van der Waals surface area (Å²) in [6.07, 6.45) is 0. The van der Waals surface area contributed by atoms with E-state index in [4.69, 9.17) is 23.2 Å². The molecule has 7 heteroatoms. The maximum absolute atomic E-state index is 12.4.